The van der Waals surface area contributed by atoms with Gasteiger partial charge in [0.15, 0.2) is 0 Å². The number of rotatable bonds is 7. The van der Waals surface area contributed by atoms with Crippen molar-refractivity contribution in [1.82, 2.24) is 5.32 Å². The van der Waals surface area contributed by atoms with E-state index in [0.29, 0.717) is 36.6 Å². The Kier molecular flexibility index (Phi) is 6.01. The number of aryl methyl sites for hydroxylation is 2. The summed E-state index contributed by atoms with van der Waals surface area (Å²) in [6.45, 7) is 6.84. The fraction of sp³-hybridized carbons (Fsp3) is 0.474. The molecule has 0 saturated carbocycles. The van der Waals surface area contributed by atoms with Crippen molar-refractivity contribution in [3.8, 4) is 5.75 Å². The summed E-state index contributed by atoms with van der Waals surface area (Å²) < 4.78 is 10.6. The number of fused-ring (bicyclic) bond motifs is 1. The summed E-state index contributed by atoms with van der Waals surface area (Å²) in [7, 11) is 1.57. The minimum absolute atomic E-state index is 0.0362. The SMILES string of the molecule is COc1cc2oc(=O)cc(C)c2cc1CCC(=O)NCCC(C)C. The summed E-state index contributed by atoms with van der Waals surface area (Å²) in [4.78, 5) is 23.5. The molecule has 1 N–H and O–H groups in total. The van der Waals surface area contributed by atoms with Crippen LogP contribution in [0.1, 0.15) is 37.8 Å². The van der Waals surface area contributed by atoms with E-state index >= 15 is 0 Å². The van der Waals surface area contributed by atoms with E-state index in [1.54, 1.807) is 13.2 Å². The van der Waals surface area contributed by atoms with Gasteiger partial charge in [-0.3, -0.25) is 4.79 Å². The molecule has 24 heavy (non-hydrogen) atoms. The van der Waals surface area contributed by atoms with Gasteiger partial charge < -0.3 is 14.5 Å². The Balaban J connectivity index is 2.13. The Bertz CT molecular complexity index is 777. The highest BCUT2D eigenvalue weighted by Gasteiger charge is 2.11. The van der Waals surface area contributed by atoms with Gasteiger partial charge in [0.25, 0.3) is 0 Å². The summed E-state index contributed by atoms with van der Waals surface area (Å²) >= 11 is 0. The van der Waals surface area contributed by atoms with Crippen LogP contribution in [0.3, 0.4) is 0 Å². The number of methoxy groups -OCH3 is 1. The zero-order valence-electron chi connectivity index (χ0n) is 14.8. The highest BCUT2D eigenvalue weighted by Crippen LogP contribution is 2.28. The molecule has 0 unspecified atom stereocenters. The predicted octanol–water partition coefficient (Wildman–Crippen LogP) is 3.20. The molecule has 1 aromatic heterocycles. The number of ether oxygens (including phenoxy) is 1. The molecule has 0 spiro atoms. The van der Waals surface area contributed by atoms with E-state index in [1.165, 1.54) is 6.07 Å². The van der Waals surface area contributed by atoms with Gasteiger partial charge in [-0.2, -0.15) is 0 Å². The van der Waals surface area contributed by atoms with Crippen LogP contribution in [-0.2, 0) is 11.2 Å². The van der Waals surface area contributed by atoms with Crippen molar-refractivity contribution < 1.29 is 13.9 Å². The Morgan fingerprint density at radius 3 is 2.71 bits per heavy atom. The Labute approximate surface area is 142 Å². The van der Waals surface area contributed by atoms with Gasteiger partial charge in [-0.05, 0) is 42.9 Å². The van der Waals surface area contributed by atoms with Crippen LogP contribution in [0.5, 0.6) is 5.75 Å². The third-order valence-corrected chi connectivity index (χ3v) is 4.02. The van der Waals surface area contributed by atoms with Crippen LogP contribution in [0, 0.1) is 12.8 Å². The average molecular weight is 331 g/mol. The van der Waals surface area contributed by atoms with E-state index in [4.69, 9.17) is 9.15 Å². The molecule has 0 aliphatic rings. The van der Waals surface area contributed by atoms with Gasteiger partial charge >= 0.3 is 5.63 Å². The fourth-order valence-electron chi connectivity index (χ4n) is 2.61. The largest absolute Gasteiger partial charge is 0.496 e. The summed E-state index contributed by atoms with van der Waals surface area (Å²) in [6, 6.07) is 5.13. The van der Waals surface area contributed by atoms with Crippen molar-refractivity contribution in [2.45, 2.75) is 40.0 Å². The van der Waals surface area contributed by atoms with Gasteiger partial charge in [-0.1, -0.05) is 13.8 Å². The minimum Gasteiger partial charge on any atom is -0.496 e. The molecule has 0 atom stereocenters. The topological polar surface area (TPSA) is 68.5 Å². The molecule has 0 aliphatic heterocycles. The maximum absolute atomic E-state index is 12.0. The highest BCUT2D eigenvalue weighted by molar-refractivity contribution is 5.83. The number of hydrogen-bond donors (Lipinski definition) is 1. The van der Waals surface area contributed by atoms with Crippen molar-refractivity contribution in [1.29, 1.82) is 0 Å². The fourth-order valence-corrected chi connectivity index (χ4v) is 2.61. The van der Waals surface area contributed by atoms with Gasteiger partial charge in [0, 0.05) is 30.5 Å². The summed E-state index contributed by atoms with van der Waals surface area (Å²) in [5.74, 6) is 1.24. The predicted molar refractivity (Wildman–Crippen MR) is 94.6 cm³/mol. The Morgan fingerprint density at radius 1 is 1.29 bits per heavy atom. The number of amides is 1. The van der Waals surface area contributed by atoms with E-state index < -0.39 is 0 Å². The third-order valence-electron chi connectivity index (χ3n) is 4.02. The molecule has 5 nitrogen and oxygen atoms in total. The Hall–Kier alpha value is -2.30. The zero-order chi connectivity index (χ0) is 17.7. The molecule has 1 aromatic carbocycles. The average Bonchev–Trinajstić information content (AvgIpc) is 2.51. The first-order valence-electron chi connectivity index (χ1n) is 8.28. The van der Waals surface area contributed by atoms with Gasteiger partial charge in [-0.15, -0.1) is 0 Å². The molecule has 130 valence electrons. The summed E-state index contributed by atoms with van der Waals surface area (Å²) in [5.41, 5.74) is 1.91. The lowest BCUT2D eigenvalue weighted by Crippen LogP contribution is -2.25. The van der Waals surface area contributed by atoms with Crippen molar-refractivity contribution in [2.24, 2.45) is 5.92 Å². The van der Waals surface area contributed by atoms with E-state index in [0.717, 1.165) is 22.9 Å². The lowest BCUT2D eigenvalue weighted by Gasteiger charge is -2.11. The molecule has 1 heterocycles. The van der Waals surface area contributed by atoms with Crippen LogP contribution < -0.4 is 15.7 Å². The molecule has 2 aromatic rings. The van der Waals surface area contributed by atoms with Crippen molar-refractivity contribution in [3.05, 3.63) is 39.7 Å². The molecule has 0 saturated heterocycles. The third kappa shape index (κ3) is 4.60. The monoisotopic (exact) mass is 331 g/mol. The first-order chi connectivity index (χ1) is 11.4. The lowest BCUT2D eigenvalue weighted by molar-refractivity contribution is -0.121. The lowest BCUT2D eigenvalue weighted by atomic mass is 10.0. The number of carbonyl (C=O) groups excluding carboxylic acids is 1. The minimum atomic E-state index is -0.376. The van der Waals surface area contributed by atoms with Gasteiger partial charge in [-0.25, -0.2) is 4.79 Å². The first-order valence-corrected chi connectivity index (χ1v) is 8.28. The van der Waals surface area contributed by atoms with Crippen LogP contribution in [0.4, 0.5) is 0 Å². The van der Waals surface area contributed by atoms with Crippen molar-refractivity contribution in [3.63, 3.8) is 0 Å². The maximum Gasteiger partial charge on any atom is 0.336 e. The van der Waals surface area contributed by atoms with Crippen LogP contribution in [0.15, 0.2) is 27.4 Å². The second kappa shape index (κ2) is 7.99. The smallest absolute Gasteiger partial charge is 0.336 e. The van der Waals surface area contributed by atoms with Gasteiger partial charge in [0.2, 0.25) is 5.91 Å². The summed E-state index contributed by atoms with van der Waals surface area (Å²) in [5, 5.41) is 3.80. The van der Waals surface area contributed by atoms with Crippen LogP contribution in [0.25, 0.3) is 11.0 Å². The molecule has 2 rings (SSSR count). The van der Waals surface area contributed by atoms with Gasteiger partial charge in [0.05, 0.1) is 7.11 Å². The quantitative estimate of drug-likeness (QED) is 0.791. The maximum atomic E-state index is 12.0. The Morgan fingerprint density at radius 2 is 2.04 bits per heavy atom. The molecule has 0 radical (unpaired) electrons. The van der Waals surface area contributed by atoms with Crippen molar-refractivity contribution >= 4 is 16.9 Å². The van der Waals surface area contributed by atoms with Gasteiger partial charge in [0.1, 0.15) is 11.3 Å². The molecule has 1 amide bonds. The van der Waals surface area contributed by atoms with Crippen LogP contribution in [-0.4, -0.2) is 19.6 Å². The van der Waals surface area contributed by atoms with E-state index in [2.05, 4.69) is 19.2 Å². The van der Waals surface area contributed by atoms with Crippen molar-refractivity contribution in [2.75, 3.05) is 13.7 Å². The molecule has 0 aliphatic carbocycles. The van der Waals surface area contributed by atoms with E-state index in [9.17, 15) is 9.59 Å². The molecule has 5 heteroatoms. The second-order valence-corrected chi connectivity index (χ2v) is 6.44. The normalized spacial score (nSPS) is 11.0. The molecular formula is C19H25NO4. The zero-order valence-corrected chi connectivity index (χ0v) is 14.8. The number of carbonyl (C=O) groups is 1. The number of benzene rings is 1. The highest BCUT2D eigenvalue weighted by atomic mass is 16.5. The molecule has 0 fully saturated rings. The van der Waals surface area contributed by atoms with Crippen LogP contribution in [0.2, 0.25) is 0 Å². The molecule has 0 bridgehead atoms. The van der Waals surface area contributed by atoms with E-state index in [-0.39, 0.29) is 11.5 Å². The summed E-state index contributed by atoms with van der Waals surface area (Å²) in [6.07, 6.45) is 1.95. The first kappa shape index (κ1) is 18.0. The van der Waals surface area contributed by atoms with Crippen LogP contribution >= 0.6 is 0 Å². The second-order valence-electron chi connectivity index (χ2n) is 6.44. The number of hydrogen-bond acceptors (Lipinski definition) is 4. The van der Waals surface area contributed by atoms with E-state index in [1.807, 2.05) is 13.0 Å². The number of nitrogens with one attached hydrogen (secondary N) is 1. The standard InChI is InChI=1S/C19H25NO4/c1-12(2)7-8-20-18(21)6-5-14-10-15-13(3)9-19(22)24-17(15)11-16(14)23-4/h9-12H,5-8H2,1-4H3,(H,20,21). The molecular weight excluding hydrogens is 306 g/mol.